The number of hydrogen-bond donors (Lipinski definition) is 0. The molecule has 0 radical (unpaired) electrons. The number of benzene rings is 1. The van der Waals surface area contributed by atoms with Gasteiger partial charge in [-0.15, -0.1) is 0 Å². The summed E-state index contributed by atoms with van der Waals surface area (Å²) in [6.45, 7) is 4.09. The summed E-state index contributed by atoms with van der Waals surface area (Å²) in [4.78, 5) is 31.9. The smallest absolute Gasteiger partial charge is 0.409 e. The standard InChI is InChI=1S/C17H19N3O3/c1-2-23-17(22)20-9-7-19(8-10-20)16(21)15-11-13-5-3-4-6-14(13)12-18-15/h3-6,11-12H,2,7-10H2,1H3. The van der Waals surface area contributed by atoms with Gasteiger partial charge >= 0.3 is 6.09 Å². The molecule has 6 nitrogen and oxygen atoms in total. The van der Waals surface area contributed by atoms with Crippen molar-refractivity contribution in [2.75, 3.05) is 32.8 Å². The van der Waals surface area contributed by atoms with E-state index in [1.165, 1.54) is 0 Å². The minimum Gasteiger partial charge on any atom is -0.450 e. The van der Waals surface area contributed by atoms with Crippen molar-refractivity contribution in [2.24, 2.45) is 0 Å². The highest BCUT2D eigenvalue weighted by Crippen LogP contribution is 2.15. The zero-order chi connectivity index (χ0) is 16.2. The monoisotopic (exact) mass is 313 g/mol. The van der Waals surface area contributed by atoms with E-state index in [0.29, 0.717) is 38.5 Å². The zero-order valence-corrected chi connectivity index (χ0v) is 13.1. The maximum absolute atomic E-state index is 12.6. The van der Waals surface area contributed by atoms with Crippen LogP contribution in [0.4, 0.5) is 4.79 Å². The molecule has 0 unspecified atom stereocenters. The molecule has 1 saturated heterocycles. The van der Waals surface area contributed by atoms with Crippen molar-refractivity contribution >= 4 is 22.8 Å². The average molecular weight is 313 g/mol. The Morgan fingerprint density at radius 2 is 1.74 bits per heavy atom. The van der Waals surface area contributed by atoms with Crippen molar-refractivity contribution in [1.29, 1.82) is 0 Å². The molecule has 2 aromatic rings. The van der Waals surface area contributed by atoms with Crippen molar-refractivity contribution in [3.8, 4) is 0 Å². The fraction of sp³-hybridized carbons (Fsp3) is 0.353. The lowest BCUT2D eigenvalue weighted by molar-refractivity contribution is 0.0566. The summed E-state index contributed by atoms with van der Waals surface area (Å²) in [5, 5.41) is 2.01. The molecule has 0 bridgehead atoms. The third kappa shape index (κ3) is 3.26. The Morgan fingerprint density at radius 3 is 2.43 bits per heavy atom. The lowest BCUT2D eigenvalue weighted by Gasteiger charge is -2.33. The molecular weight excluding hydrogens is 294 g/mol. The van der Waals surface area contributed by atoms with Crippen LogP contribution in [0, 0.1) is 0 Å². The highest BCUT2D eigenvalue weighted by Gasteiger charge is 2.26. The number of ether oxygens (including phenoxy) is 1. The fourth-order valence-corrected chi connectivity index (χ4v) is 2.67. The quantitative estimate of drug-likeness (QED) is 0.852. The molecule has 1 aromatic carbocycles. The van der Waals surface area contributed by atoms with Gasteiger partial charge in [-0.05, 0) is 18.4 Å². The predicted molar refractivity (Wildman–Crippen MR) is 86.2 cm³/mol. The number of nitrogens with zero attached hydrogens (tertiary/aromatic N) is 3. The molecule has 0 atom stereocenters. The average Bonchev–Trinajstić information content (AvgIpc) is 2.61. The summed E-state index contributed by atoms with van der Waals surface area (Å²) in [6.07, 6.45) is 1.40. The van der Waals surface area contributed by atoms with E-state index in [4.69, 9.17) is 4.74 Å². The van der Waals surface area contributed by atoms with Gasteiger partial charge in [-0.2, -0.15) is 0 Å². The molecule has 1 aliphatic heterocycles. The topological polar surface area (TPSA) is 62.7 Å². The lowest BCUT2D eigenvalue weighted by atomic mass is 10.1. The molecule has 120 valence electrons. The van der Waals surface area contributed by atoms with E-state index in [1.807, 2.05) is 30.3 Å². The Labute approximate surface area is 134 Å². The first kappa shape index (κ1) is 15.3. The maximum Gasteiger partial charge on any atom is 0.409 e. The molecule has 6 heteroatoms. The van der Waals surface area contributed by atoms with Crippen LogP contribution in [0.1, 0.15) is 17.4 Å². The van der Waals surface area contributed by atoms with E-state index in [1.54, 1.807) is 22.9 Å². The normalized spacial score (nSPS) is 14.8. The van der Waals surface area contributed by atoms with Crippen molar-refractivity contribution < 1.29 is 14.3 Å². The summed E-state index contributed by atoms with van der Waals surface area (Å²) < 4.78 is 4.98. The molecule has 1 aliphatic rings. The second-order valence-corrected chi connectivity index (χ2v) is 5.39. The predicted octanol–water partition coefficient (Wildman–Crippen LogP) is 2.15. The highest BCUT2D eigenvalue weighted by atomic mass is 16.6. The van der Waals surface area contributed by atoms with Gasteiger partial charge < -0.3 is 14.5 Å². The van der Waals surface area contributed by atoms with E-state index < -0.39 is 0 Å². The van der Waals surface area contributed by atoms with Crippen LogP contribution in [-0.2, 0) is 4.74 Å². The number of rotatable bonds is 2. The van der Waals surface area contributed by atoms with Crippen LogP contribution >= 0.6 is 0 Å². The van der Waals surface area contributed by atoms with Gasteiger partial charge in [0.2, 0.25) is 0 Å². The van der Waals surface area contributed by atoms with E-state index in [0.717, 1.165) is 10.8 Å². The number of fused-ring (bicyclic) bond motifs is 1. The summed E-state index contributed by atoms with van der Waals surface area (Å²) in [7, 11) is 0. The van der Waals surface area contributed by atoms with Crippen molar-refractivity contribution in [1.82, 2.24) is 14.8 Å². The van der Waals surface area contributed by atoms with Gasteiger partial charge in [-0.3, -0.25) is 9.78 Å². The lowest BCUT2D eigenvalue weighted by Crippen LogP contribution is -2.50. The first-order valence-electron chi connectivity index (χ1n) is 7.75. The zero-order valence-electron chi connectivity index (χ0n) is 13.1. The molecule has 23 heavy (non-hydrogen) atoms. The molecule has 1 fully saturated rings. The molecular formula is C17H19N3O3. The van der Waals surface area contributed by atoms with Crippen LogP contribution in [0.15, 0.2) is 36.5 Å². The molecule has 3 rings (SSSR count). The molecule has 2 amide bonds. The number of pyridine rings is 1. The second kappa shape index (κ2) is 6.64. The summed E-state index contributed by atoms with van der Waals surface area (Å²) in [5.41, 5.74) is 0.438. The van der Waals surface area contributed by atoms with Gasteiger partial charge in [0, 0.05) is 37.8 Å². The minimum atomic E-state index is -0.316. The van der Waals surface area contributed by atoms with Gasteiger partial charge in [0.15, 0.2) is 0 Å². The third-order valence-electron chi connectivity index (χ3n) is 3.94. The van der Waals surface area contributed by atoms with Gasteiger partial charge in [0.1, 0.15) is 5.69 Å². The van der Waals surface area contributed by atoms with Gasteiger partial charge in [-0.1, -0.05) is 24.3 Å². The minimum absolute atomic E-state index is 0.0979. The van der Waals surface area contributed by atoms with Crippen LogP contribution in [0.25, 0.3) is 10.8 Å². The molecule has 2 heterocycles. The van der Waals surface area contributed by atoms with E-state index >= 15 is 0 Å². The SMILES string of the molecule is CCOC(=O)N1CCN(C(=O)c2cc3ccccc3cn2)CC1. The Bertz CT molecular complexity index is 724. The Kier molecular flexibility index (Phi) is 4.41. The maximum atomic E-state index is 12.6. The third-order valence-corrected chi connectivity index (χ3v) is 3.94. The number of amides is 2. The fourth-order valence-electron chi connectivity index (χ4n) is 2.67. The van der Waals surface area contributed by atoms with E-state index in [2.05, 4.69) is 4.98 Å². The molecule has 0 saturated carbocycles. The van der Waals surface area contributed by atoms with E-state index in [-0.39, 0.29) is 12.0 Å². The Balaban J connectivity index is 1.67. The van der Waals surface area contributed by atoms with Crippen LogP contribution in [0.3, 0.4) is 0 Å². The summed E-state index contributed by atoms with van der Waals surface area (Å²) in [6, 6.07) is 9.63. The number of aromatic nitrogens is 1. The Hall–Kier alpha value is -2.63. The largest absolute Gasteiger partial charge is 0.450 e. The van der Waals surface area contributed by atoms with E-state index in [9.17, 15) is 9.59 Å². The van der Waals surface area contributed by atoms with Crippen LogP contribution in [0.5, 0.6) is 0 Å². The highest BCUT2D eigenvalue weighted by molar-refractivity contribution is 5.96. The van der Waals surface area contributed by atoms with Crippen LogP contribution in [-0.4, -0.2) is 59.6 Å². The van der Waals surface area contributed by atoms with Gasteiger partial charge in [0.25, 0.3) is 5.91 Å². The number of hydrogen-bond acceptors (Lipinski definition) is 4. The molecule has 0 aliphatic carbocycles. The molecule has 0 spiro atoms. The first-order chi connectivity index (χ1) is 11.2. The van der Waals surface area contributed by atoms with Crippen molar-refractivity contribution in [3.63, 3.8) is 0 Å². The first-order valence-corrected chi connectivity index (χ1v) is 7.75. The van der Waals surface area contributed by atoms with Crippen LogP contribution in [0.2, 0.25) is 0 Å². The molecule has 0 N–H and O–H groups in total. The van der Waals surface area contributed by atoms with Gasteiger partial charge in [0.05, 0.1) is 6.61 Å². The van der Waals surface area contributed by atoms with Crippen molar-refractivity contribution in [2.45, 2.75) is 6.92 Å². The number of piperazine rings is 1. The van der Waals surface area contributed by atoms with Crippen molar-refractivity contribution in [3.05, 3.63) is 42.2 Å². The summed E-state index contributed by atoms with van der Waals surface area (Å²) >= 11 is 0. The van der Waals surface area contributed by atoms with Crippen LogP contribution < -0.4 is 0 Å². The molecule has 1 aromatic heterocycles. The van der Waals surface area contributed by atoms with Gasteiger partial charge in [-0.25, -0.2) is 4.79 Å². The Morgan fingerprint density at radius 1 is 1.09 bits per heavy atom. The number of carbonyl (C=O) groups excluding carboxylic acids is 2. The summed E-state index contributed by atoms with van der Waals surface area (Å²) in [5.74, 6) is -0.0979. The number of carbonyl (C=O) groups is 2. The second-order valence-electron chi connectivity index (χ2n) is 5.39.